The lowest BCUT2D eigenvalue weighted by atomic mass is 9.74. The van der Waals surface area contributed by atoms with Gasteiger partial charge < -0.3 is 20.6 Å². The minimum Gasteiger partial charge on any atom is -0.385 e. The molecule has 1 saturated carbocycles. The molecule has 11 heteroatoms. The van der Waals surface area contributed by atoms with Crippen LogP contribution in [0.5, 0.6) is 0 Å². The number of nitrogens with one attached hydrogen (secondary N) is 3. The largest absolute Gasteiger partial charge is 0.385 e. The van der Waals surface area contributed by atoms with Crippen LogP contribution in [0, 0.1) is 11.8 Å². The standard InChI is InChI=1S/C26H44ClN5O4S/c1-29-18-24(16-20-8-3-2-4-9-20)31-25(33)32-15-6-11-22(19-32)26(34,13-7-14-30-37(28,35)36)21-10-5-12-23(27)17-21/h5,10,12,17,20,22,24,29-30,34H,2-4,6-9,11,13-16,18-19H2,1H3,(H,31,33)(H2,28,35,36). The summed E-state index contributed by atoms with van der Waals surface area (Å²) in [5, 5.41) is 24.1. The summed E-state index contributed by atoms with van der Waals surface area (Å²) in [6.07, 6.45) is 9.50. The van der Waals surface area contributed by atoms with Gasteiger partial charge in [0.2, 0.25) is 0 Å². The quantitative estimate of drug-likeness (QED) is 0.252. The van der Waals surface area contributed by atoms with Gasteiger partial charge in [-0.2, -0.15) is 8.42 Å². The van der Waals surface area contributed by atoms with Crippen molar-refractivity contribution in [1.82, 2.24) is 20.3 Å². The number of carbonyl (C=O) groups excluding carboxylic acids is 1. The zero-order valence-electron chi connectivity index (χ0n) is 21.9. The van der Waals surface area contributed by atoms with Gasteiger partial charge in [0.1, 0.15) is 0 Å². The Labute approximate surface area is 227 Å². The van der Waals surface area contributed by atoms with E-state index in [9.17, 15) is 18.3 Å². The second-order valence-corrected chi connectivity index (χ2v) is 12.5. The van der Waals surface area contributed by atoms with Crippen LogP contribution in [0.1, 0.15) is 69.8 Å². The Hall–Kier alpha value is -1.43. The van der Waals surface area contributed by atoms with E-state index in [-0.39, 0.29) is 24.5 Å². The summed E-state index contributed by atoms with van der Waals surface area (Å²) in [6.45, 7) is 1.89. The Morgan fingerprint density at radius 2 is 2.00 bits per heavy atom. The number of halogens is 1. The fraction of sp³-hybridized carbons (Fsp3) is 0.731. The number of rotatable bonds is 12. The summed E-state index contributed by atoms with van der Waals surface area (Å²) < 4.78 is 24.8. The zero-order valence-corrected chi connectivity index (χ0v) is 23.5. The van der Waals surface area contributed by atoms with E-state index < -0.39 is 15.8 Å². The van der Waals surface area contributed by atoms with E-state index in [1.54, 1.807) is 18.2 Å². The lowest BCUT2D eigenvalue weighted by molar-refractivity contribution is -0.0551. The van der Waals surface area contributed by atoms with Crippen LogP contribution in [-0.4, -0.2) is 63.7 Å². The molecule has 1 aromatic rings. The van der Waals surface area contributed by atoms with E-state index in [0.29, 0.717) is 42.4 Å². The Morgan fingerprint density at radius 3 is 2.68 bits per heavy atom. The molecule has 2 aliphatic rings. The molecule has 3 atom stereocenters. The Kier molecular flexibility index (Phi) is 11.5. The molecule has 1 aliphatic heterocycles. The second-order valence-electron chi connectivity index (χ2n) is 10.7. The monoisotopic (exact) mass is 557 g/mol. The predicted molar refractivity (Wildman–Crippen MR) is 147 cm³/mol. The third-order valence-corrected chi connectivity index (χ3v) is 8.71. The SMILES string of the molecule is CNCC(CC1CCCCC1)NC(=O)N1CCCC(C(O)(CCCNS(N)(=O)=O)c2cccc(Cl)c2)C1. The number of nitrogens with two attached hydrogens (primary N) is 1. The number of amides is 2. The topological polar surface area (TPSA) is 137 Å². The highest BCUT2D eigenvalue weighted by Crippen LogP contribution is 2.40. The average Bonchev–Trinajstić information content (AvgIpc) is 2.87. The van der Waals surface area contributed by atoms with Gasteiger partial charge in [-0.15, -0.1) is 0 Å². The number of carbonyl (C=O) groups is 1. The van der Waals surface area contributed by atoms with Crippen molar-refractivity contribution in [1.29, 1.82) is 0 Å². The van der Waals surface area contributed by atoms with Crippen molar-refractivity contribution >= 4 is 27.8 Å². The third-order valence-electron chi connectivity index (χ3n) is 7.87. The molecule has 1 heterocycles. The molecular formula is C26H44ClN5O4S. The first-order valence-corrected chi connectivity index (χ1v) is 15.5. The first-order chi connectivity index (χ1) is 17.6. The van der Waals surface area contributed by atoms with Crippen LogP contribution in [0.4, 0.5) is 4.79 Å². The number of hydrogen-bond donors (Lipinski definition) is 5. The van der Waals surface area contributed by atoms with Gasteiger partial charge in [0, 0.05) is 43.2 Å². The van der Waals surface area contributed by atoms with Gasteiger partial charge in [0.05, 0.1) is 5.60 Å². The van der Waals surface area contributed by atoms with Crippen LogP contribution in [0.3, 0.4) is 0 Å². The minimum atomic E-state index is -3.80. The van der Waals surface area contributed by atoms with Crippen molar-refractivity contribution in [2.45, 2.75) is 75.9 Å². The average molecular weight is 558 g/mol. The molecule has 2 fully saturated rings. The number of benzene rings is 1. The fourth-order valence-corrected chi connectivity index (χ4v) is 6.62. The van der Waals surface area contributed by atoms with Gasteiger partial charge in [0.25, 0.3) is 10.2 Å². The zero-order chi connectivity index (χ0) is 26.9. The van der Waals surface area contributed by atoms with Crippen molar-refractivity contribution in [2.75, 3.05) is 33.2 Å². The molecule has 2 amide bonds. The summed E-state index contributed by atoms with van der Waals surface area (Å²) in [7, 11) is -1.89. The summed E-state index contributed by atoms with van der Waals surface area (Å²) in [6, 6.07) is 7.11. The van der Waals surface area contributed by atoms with Crippen molar-refractivity contribution < 1.29 is 18.3 Å². The number of hydrogen-bond acceptors (Lipinski definition) is 5. The second kappa shape index (κ2) is 14.1. The smallest absolute Gasteiger partial charge is 0.317 e. The number of likely N-dealkylation sites (N-methyl/N-ethyl adjacent to an activating group) is 1. The van der Waals surface area contributed by atoms with Gasteiger partial charge >= 0.3 is 6.03 Å². The molecule has 210 valence electrons. The summed E-state index contributed by atoms with van der Waals surface area (Å²) in [5.74, 6) is 0.432. The number of likely N-dealkylation sites (tertiary alicyclic amines) is 1. The first-order valence-electron chi connectivity index (χ1n) is 13.6. The van der Waals surface area contributed by atoms with Crippen molar-refractivity contribution in [3.8, 4) is 0 Å². The summed E-state index contributed by atoms with van der Waals surface area (Å²) in [5.41, 5.74) is -0.593. The molecule has 0 radical (unpaired) electrons. The minimum absolute atomic E-state index is 0.0667. The molecule has 1 aromatic carbocycles. The maximum atomic E-state index is 13.4. The molecule has 3 unspecified atom stereocenters. The lowest BCUT2D eigenvalue weighted by Crippen LogP contribution is -2.54. The van der Waals surface area contributed by atoms with Crippen LogP contribution < -0.4 is 20.5 Å². The highest BCUT2D eigenvalue weighted by atomic mass is 35.5. The van der Waals surface area contributed by atoms with E-state index in [2.05, 4.69) is 15.4 Å². The molecule has 0 bridgehead atoms. The molecule has 37 heavy (non-hydrogen) atoms. The van der Waals surface area contributed by atoms with Crippen LogP contribution in [0.15, 0.2) is 24.3 Å². The first kappa shape index (κ1) is 30.1. The van der Waals surface area contributed by atoms with Crippen molar-refractivity contribution in [2.24, 2.45) is 17.0 Å². The lowest BCUT2D eigenvalue weighted by Gasteiger charge is -2.43. The third kappa shape index (κ3) is 9.37. The number of urea groups is 1. The molecule has 9 nitrogen and oxygen atoms in total. The van der Waals surface area contributed by atoms with Crippen LogP contribution in [-0.2, 0) is 15.8 Å². The van der Waals surface area contributed by atoms with E-state index >= 15 is 0 Å². The molecule has 3 rings (SSSR count). The van der Waals surface area contributed by atoms with Crippen LogP contribution in [0.25, 0.3) is 0 Å². The van der Waals surface area contributed by atoms with E-state index in [1.807, 2.05) is 18.0 Å². The molecule has 0 spiro atoms. The van der Waals surface area contributed by atoms with Crippen LogP contribution >= 0.6 is 11.6 Å². The van der Waals surface area contributed by atoms with Crippen LogP contribution in [0.2, 0.25) is 5.02 Å². The van der Waals surface area contributed by atoms with E-state index in [0.717, 1.165) is 25.8 Å². The molecule has 1 saturated heterocycles. The van der Waals surface area contributed by atoms with Crippen molar-refractivity contribution in [3.63, 3.8) is 0 Å². The Morgan fingerprint density at radius 1 is 1.24 bits per heavy atom. The van der Waals surface area contributed by atoms with E-state index in [1.165, 1.54) is 32.1 Å². The maximum Gasteiger partial charge on any atom is 0.317 e. The Bertz CT molecular complexity index is 975. The maximum absolute atomic E-state index is 13.4. The highest BCUT2D eigenvalue weighted by molar-refractivity contribution is 7.87. The molecule has 0 aromatic heterocycles. The number of piperidine rings is 1. The van der Waals surface area contributed by atoms with E-state index in [4.69, 9.17) is 16.7 Å². The molecular weight excluding hydrogens is 514 g/mol. The molecule has 1 aliphatic carbocycles. The predicted octanol–water partition coefficient (Wildman–Crippen LogP) is 3.08. The van der Waals surface area contributed by atoms with Gasteiger partial charge in [-0.3, -0.25) is 0 Å². The fourth-order valence-electron chi connectivity index (χ4n) is 6.00. The Balaban J connectivity index is 1.69. The number of nitrogens with zero attached hydrogens (tertiary/aromatic N) is 1. The molecule has 6 N–H and O–H groups in total. The highest BCUT2D eigenvalue weighted by Gasteiger charge is 2.41. The van der Waals surface area contributed by atoms with Crippen molar-refractivity contribution in [3.05, 3.63) is 34.9 Å². The summed E-state index contributed by atoms with van der Waals surface area (Å²) in [4.78, 5) is 15.2. The summed E-state index contributed by atoms with van der Waals surface area (Å²) >= 11 is 6.26. The van der Waals surface area contributed by atoms with Gasteiger partial charge in [-0.05, 0) is 62.8 Å². The van der Waals surface area contributed by atoms with Gasteiger partial charge in [0.15, 0.2) is 0 Å². The van der Waals surface area contributed by atoms with Gasteiger partial charge in [-0.25, -0.2) is 14.7 Å². The normalized spacial score (nSPS) is 21.8. The van der Waals surface area contributed by atoms with Gasteiger partial charge in [-0.1, -0.05) is 55.8 Å². The number of aliphatic hydroxyl groups is 1.